The van der Waals surface area contributed by atoms with E-state index in [1.165, 1.54) is 6.92 Å². The van der Waals surface area contributed by atoms with Crippen LogP contribution in [0.2, 0.25) is 0 Å². The number of nitrogens with zero attached hydrogens (tertiary/aromatic N) is 1. The Kier molecular flexibility index (Phi) is 3.75. The average Bonchev–Trinajstić information content (AvgIpc) is 2.13. The quantitative estimate of drug-likeness (QED) is 0.782. The molecule has 0 aliphatic rings. The molecule has 1 unspecified atom stereocenters. The fraction of sp³-hybridized carbons (Fsp3) is 0.545. The van der Waals surface area contributed by atoms with Gasteiger partial charge in [-0.2, -0.15) is 13.2 Å². The normalized spacial score (nSPS) is 14.4. The van der Waals surface area contributed by atoms with E-state index in [9.17, 15) is 18.3 Å². The van der Waals surface area contributed by atoms with Crippen molar-refractivity contribution in [2.24, 2.45) is 0 Å². The fourth-order valence-corrected chi connectivity index (χ4v) is 1.21. The molecule has 1 atom stereocenters. The lowest BCUT2D eigenvalue weighted by Gasteiger charge is -2.30. The van der Waals surface area contributed by atoms with Gasteiger partial charge in [0.2, 0.25) is 0 Å². The SMILES string of the molecule is CC(O)C(C)(C)Nc1cc(C(F)(F)F)cc(N)n1. The van der Waals surface area contributed by atoms with Crippen LogP contribution in [0.3, 0.4) is 0 Å². The van der Waals surface area contributed by atoms with E-state index in [-0.39, 0.29) is 11.6 Å². The molecule has 0 aliphatic heterocycles. The van der Waals surface area contributed by atoms with Gasteiger partial charge in [0.05, 0.1) is 17.2 Å². The summed E-state index contributed by atoms with van der Waals surface area (Å²) in [6, 6.07) is 1.63. The van der Waals surface area contributed by atoms with Gasteiger partial charge < -0.3 is 16.2 Å². The molecule has 1 rings (SSSR count). The van der Waals surface area contributed by atoms with Gasteiger partial charge >= 0.3 is 6.18 Å². The molecule has 4 N–H and O–H groups in total. The van der Waals surface area contributed by atoms with Crippen molar-refractivity contribution in [1.29, 1.82) is 0 Å². The molecule has 18 heavy (non-hydrogen) atoms. The first-order valence-electron chi connectivity index (χ1n) is 5.33. The zero-order valence-electron chi connectivity index (χ0n) is 10.3. The van der Waals surface area contributed by atoms with Gasteiger partial charge in [-0.25, -0.2) is 4.98 Å². The summed E-state index contributed by atoms with van der Waals surface area (Å²) in [6.45, 7) is 4.83. The highest BCUT2D eigenvalue weighted by Crippen LogP contribution is 2.32. The van der Waals surface area contributed by atoms with Crippen molar-refractivity contribution in [3.8, 4) is 0 Å². The second-order valence-electron chi connectivity index (χ2n) is 4.69. The Morgan fingerprint density at radius 1 is 1.33 bits per heavy atom. The van der Waals surface area contributed by atoms with Gasteiger partial charge in [0.25, 0.3) is 0 Å². The average molecular weight is 263 g/mol. The first kappa shape index (κ1) is 14.6. The second-order valence-corrected chi connectivity index (χ2v) is 4.69. The Bertz CT molecular complexity index is 430. The third-order valence-electron chi connectivity index (χ3n) is 2.67. The minimum Gasteiger partial charge on any atom is -0.391 e. The van der Waals surface area contributed by atoms with E-state index < -0.39 is 23.4 Å². The van der Waals surface area contributed by atoms with Gasteiger partial charge in [0, 0.05) is 0 Å². The zero-order chi connectivity index (χ0) is 14.1. The van der Waals surface area contributed by atoms with E-state index in [4.69, 9.17) is 5.73 Å². The van der Waals surface area contributed by atoms with Crippen molar-refractivity contribution in [2.45, 2.75) is 38.6 Å². The number of alkyl halides is 3. The summed E-state index contributed by atoms with van der Waals surface area (Å²) in [5.41, 5.74) is 3.65. The summed E-state index contributed by atoms with van der Waals surface area (Å²) in [5.74, 6) is -0.248. The number of pyridine rings is 1. The number of hydrogen-bond donors (Lipinski definition) is 3. The maximum absolute atomic E-state index is 12.6. The molecule has 0 amide bonds. The van der Waals surface area contributed by atoms with E-state index in [1.54, 1.807) is 13.8 Å². The molecule has 0 radical (unpaired) electrons. The number of rotatable bonds is 3. The van der Waals surface area contributed by atoms with E-state index in [0.717, 1.165) is 12.1 Å². The summed E-state index contributed by atoms with van der Waals surface area (Å²) < 4.78 is 37.7. The number of nitrogen functional groups attached to an aromatic ring is 1. The smallest absolute Gasteiger partial charge is 0.391 e. The largest absolute Gasteiger partial charge is 0.416 e. The Balaban J connectivity index is 3.08. The van der Waals surface area contributed by atoms with Gasteiger partial charge in [-0.1, -0.05) is 0 Å². The topological polar surface area (TPSA) is 71.2 Å². The first-order chi connectivity index (χ1) is 8.02. The van der Waals surface area contributed by atoms with Crippen LogP contribution in [-0.4, -0.2) is 21.7 Å². The highest BCUT2D eigenvalue weighted by Gasteiger charge is 2.32. The number of aromatic nitrogens is 1. The summed E-state index contributed by atoms with van der Waals surface area (Å²) in [5, 5.41) is 12.2. The van der Waals surface area contributed by atoms with E-state index in [0.29, 0.717) is 0 Å². The van der Waals surface area contributed by atoms with Gasteiger partial charge in [0.1, 0.15) is 11.6 Å². The highest BCUT2D eigenvalue weighted by molar-refractivity contribution is 5.48. The summed E-state index contributed by atoms with van der Waals surface area (Å²) in [6.07, 6.45) is -5.25. The van der Waals surface area contributed by atoms with Crippen LogP contribution in [0.4, 0.5) is 24.8 Å². The zero-order valence-corrected chi connectivity index (χ0v) is 10.3. The van der Waals surface area contributed by atoms with Crippen molar-refractivity contribution >= 4 is 11.6 Å². The predicted octanol–water partition coefficient (Wildman–Crippen LogP) is 2.25. The van der Waals surface area contributed by atoms with Gasteiger partial charge in [-0.05, 0) is 32.9 Å². The fourth-order valence-electron chi connectivity index (χ4n) is 1.21. The molecule has 7 heteroatoms. The van der Waals surface area contributed by atoms with Crippen molar-refractivity contribution in [1.82, 2.24) is 4.98 Å². The Hall–Kier alpha value is -1.50. The number of aliphatic hydroxyl groups excluding tert-OH is 1. The molecule has 0 aromatic carbocycles. The molecule has 0 bridgehead atoms. The van der Waals surface area contributed by atoms with Crippen molar-refractivity contribution < 1.29 is 18.3 Å². The van der Waals surface area contributed by atoms with E-state index in [1.807, 2.05) is 0 Å². The van der Waals surface area contributed by atoms with Crippen LogP contribution in [0, 0.1) is 0 Å². The molecular weight excluding hydrogens is 247 g/mol. The minimum atomic E-state index is -4.48. The van der Waals surface area contributed by atoms with Crippen LogP contribution in [0.1, 0.15) is 26.3 Å². The molecule has 0 saturated carbocycles. The lowest BCUT2D eigenvalue weighted by molar-refractivity contribution is -0.137. The number of aliphatic hydroxyl groups is 1. The first-order valence-corrected chi connectivity index (χ1v) is 5.33. The van der Waals surface area contributed by atoms with E-state index in [2.05, 4.69) is 10.3 Å². The Morgan fingerprint density at radius 2 is 1.89 bits per heavy atom. The molecular formula is C11H16F3N3O. The molecule has 1 heterocycles. The third-order valence-corrected chi connectivity index (χ3v) is 2.67. The van der Waals surface area contributed by atoms with Gasteiger partial charge in [-0.3, -0.25) is 0 Å². The highest BCUT2D eigenvalue weighted by atomic mass is 19.4. The lowest BCUT2D eigenvalue weighted by Crippen LogP contribution is -2.42. The van der Waals surface area contributed by atoms with Crippen LogP contribution in [0.25, 0.3) is 0 Å². The van der Waals surface area contributed by atoms with Crippen LogP contribution >= 0.6 is 0 Å². The molecule has 1 aromatic heterocycles. The van der Waals surface area contributed by atoms with Crippen molar-refractivity contribution in [3.05, 3.63) is 17.7 Å². The third kappa shape index (κ3) is 3.49. The molecule has 0 aliphatic carbocycles. The predicted molar refractivity (Wildman–Crippen MR) is 63.0 cm³/mol. The number of nitrogens with one attached hydrogen (secondary N) is 1. The van der Waals surface area contributed by atoms with Gasteiger partial charge in [0.15, 0.2) is 0 Å². The Labute approximate surface area is 103 Å². The summed E-state index contributed by atoms with van der Waals surface area (Å²) in [7, 11) is 0. The molecule has 0 spiro atoms. The maximum atomic E-state index is 12.6. The van der Waals surface area contributed by atoms with Crippen LogP contribution in [-0.2, 0) is 6.18 Å². The van der Waals surface area contributed by atoms with Crippen LogP contribution in [0.5, 0.6) is 0 Å². The standard InChI is InChI=1S/C11H16F3N3O/c1-6(18)10(2,3)17-9-5-7(11(12,13)14)4-8(15)16-9/h4-6,18H,1-3H3,(H3,15,16,17). The lowest BCUT2D eigenvalue weighted by atomic mass is 9.99. The van der Waals surface area contributed by atoms with Crippen LogP contribution < -0.4 is 11.1 Å². The van der Waals surface area contributed by atoms with E-state index >= 15 is 0 Å². The van der Waals surface area contributed by atoms with Crippen LogP contribution in [0.15, 0.2) is 12.1 Å². The summed E-state index contributed by atoms with van der Waals surface area (Å²) in [4.78, 5) is 3.77. The number of nitrogens with two attached hydrogens (primary N) is 1. The van der Waals surface area contributed by atoms with Crippen molar-refractivity contribution in [3.63, 3.8) is 0 Å². The number of anilines is 2. The molecule has 0 saturated heterocycles. The molecule has 4 nitrogen and oxygen atoms in total. The van der Waals surface area contributed by atoms with Gasteiger partial charge in [-0.15, -0.1) is 0 Å². The summed E-state index contributed by atoms with van der Waals surface area (Å²) >= 11 is 0. The molecule has 102 valence electrons. The maximum Gasteiger partial charge on any atom is 0.416 e. The number of hydrogen-bond acceptors (Lipinski definition) is 4. The van der Waals surface area contributed by atoms with Crippen molar-refractivity contribution in [2.75, 3.05) is 11.1 Å². The minimum absolute atomic E-state index is 0.0202. The second kappa shape index (κ2) is 4.64. The molecule has 1 aromatic rings. The molecule has 0 fully saturated rings. The monoisotopic (exact) mass is 263 g/mol. The number of halogens is 3. The Morgan fingerprint density at radius 3 is 2.33 bits per heavy atom.